The Balaban J connectivity index is 2.00. The molecule has 0 saturated heterocycles. The third kappa shape index (κ3) is 5.52. The van der Waals surface area contributed by atoms with Crippen molar-refractivity contribution in [1.82, 2.24) is 9.78 Å². The van der Waals surface area contributed by atoms with Crippen molar-refractivity contribution < 1.29 is 23.1 Å². The van der Waals surface area contributed by atoms with E-state index in [2.05, 4.69) is 18.9 Å². The van der Waals surface area contributed by atoms with Crippen LogP contribution < -0.4 is 4.74 Å². The fraction of sp³-hybridized carbons (Fsp3) is 0.304. The highest BCUT2D eigenvalue weighted by Crippen LogP contribution is 2.29. The topological polar surface area (TPSA) is 98.5 Å². The quantitative estimate of drug-likeness (QED) is 0.536. The molecule has 0 unspecified atom stereocenters. The van der Waals surface area contributed by atoms with Crippen LogP contribution >= 0.6 is 0 Å². The minimum Gasteiger partial charge on any atom is -0.494 e. The van der Waals surface area contributed by atoms with E-state index in [1.165, 1.54) is 18.2 Å². The number of hydrogen-bond donors (Lipinski definition) is 1. The van der Waals surface area contributed by atoms with E-state index in [4.69, 9.17) is 9.84 Å². The first-order valence-corrected chi connectivity index (χ1v) is 11.5. The van der Waals surface area contributed by atoms with Crippen LogP contribution in [0.5, 0.6) is 5.75 Å². The average Bonchev–Trinajstić information content (AvgIpc) is 3.15. The molecule has 0 spiro atoms. The normalized spacial score (nSPS) is 11.6. The molecule has 1 N–H and O–H groups in total. The van der Waals surface area contributed by atoms with Crippen molar-refractivity contribution in [2.45, 2.75) is 43.5 Å². The van der Waals surface area contributed by atoms with Gasteiger partial charge in [-0.25, -0.2) is 8.42 Å². The lowest BCUT2D eigenvalue weighted by molar-refractivity contribution is -0.136. The molecule has 0 saturated carbocycles. The highest BCUT2D eigenvalue weighted by Gasteiger charge is 2.21. The van der Waals surface area contributed by atoms with Gasteiger partial charge in [-0.15, -0.1) is 0 Å². The van der Waals surface area contributed by atoms with E-state index >= 15 is 0 Å². The number of sulfone groups is 1. The maximum absolute atomic E-state index is 13.3. The lowest BCUT2D eigenvalue weighted by Crippen LogP contribution is -2.06. The summed E-state index contributed by atoms with van der Waals surface area (Å²) in [5, 5.41) is 13.5. The van der Waals surface area contributed by atoms with Crippen LogP contribution in [0, 0.1) is 5.92 Å². The second-order valence-electron chi connectivity index (χ2n) is 7.69. The Morgan fingerprint density at radius 1 is 1.13 bits per heavy atom. The largest absolute Gasteiger partial charge is 0.494 e. The summed E-state index contributed by atoms with van der Waals surface area (Å²) in [6.07, 6.45) is 3.32. The third-order valence-electron chi connectivity index (χ3n) is 4.58. The Kier molecular flexibility index (Phi) is 6.80. The molecule has 0 amide bonds. The van der Waals surface area contributed by atoms with Crippen molar-refractivity contribution in [2.75, 3.05) is 6.61 Å². The van der Waals surface area contributed by atoms with Crippen LogP contribution in [0.1, 0.15) is 26.3 Å². The Hall–Kier alpha value is -3.13. The molecule has 1 aromatic heterocycles. The predicted octanol–water partition coefficient (Wildman–Crippen LogP) is 4.06. The lowest BCUT2D eigenvalue weighted by Gasteiger charge is -2.11. The van der Waals surface area contributed by atoms with Gasteiger partial charge in [0.1, 0.15) is 5.75 Å². The van der Waals surface area contributed by atoms with Crippen LogP contribution in [0.25, 0.3) is 11.1 Å². The van der Waals surface area contributed by atoms with Crippen LogP contribution in [0.3, 0.4) is 0 Å². The van der Waals surface area contributed by atoms with Gasteiger partial charge in [0.05, 0.1) is 29.0 Å². The van der Waals surface area contributed by atoms with Crippen LogP contribution in [-0.4, -0.2) is 35.9 Å². The zero-order valence-electron chi connectivity index (χ0n) is 17.8. The zero-order valence-corrected chi connectivity index (χ0v) is 18.6. The predicted molar refractivity (Wildman–Crippen MR) is 117 cm³/mol. The molecule has 7 nitrogen and oxygen atoms in total. The number of carboxylic acids is 1. The molecule has 0 bridgehead atoms. The van der Waals surface area contributed by atoms with Gasteiger partial charge >= 0.3 is 5.97 Å². The summed E-state index contributed by atoms with van der Waals surface area (Å²) in [4.78, 5) is 11.3. The third-order valence-corrected chi connectivity index (χ3v) is 6.31. The number of benzene rings is 2. The maximum atomic E-state index is 13.3. The molecule has 8 heteroatoms. The number of aliphatic carboxylic acids is 1. The van der Waals surface area contributed by atoms with Gasteiger partial charge < -0.3 is 9.84 Å². The number of hydrogen-bond acceptors (Lipinski definition) is 5. The molecule has 0 aliphatic carbocycles. The molecule has 3 aromatic rings. The molecule has 0 fully saturated rings. The maximum Gasteiger partial charge on any atom is 0.307 e. The van der Waals surface area contributed by atoms with Gasteiger partial charge in [-0.3, -0.25) is 9.48 Å². The number of ether oxygens (including phenoxy) is 1. The van der Waals surface area contributed by atoms with Gasteiger partial charge in [-0.1, -0.05) is 26.0 Å². The molecule has 164 valence electrons. The van der Waals surface area contributed by atoms with Crippen molar-refractivity contribution in [3.05, 3.63) is 60.4 Å². The monoisotopic (exact) mass is 442 g/mol. The Morgan fingerprint density at radius 2 is 1.90 bits per heavy atom. The Labute approximate surface area is 182 Å². The second-order valence-corrected chi connectivity index (χ2v) is 9.64. The first-order valence-electron chi connectivity index (χ1n) is 10.1. The average molecular weight is 443 g/mol. The van der Waals surface area contributed by atoms with E-state index in [-0.39, 0.29) is 16.2 Å². The van der Waals surface area contributed by atoms with Crippen LogP contribution in [0.4, 0.5) is 0 Å². The van der Waals surface area contributed by atoms with Gasteiger partial charge in [0, 0.05) is 18.3 Å². The van der Waals surface area contributed by atoms with Crippen molar-refractivity contribution in [2.24, 2.45) is 5.92 Å². The zero-order chi connectivity index (χ0) is 22.6. The minimum atomic E-state index is -3.88. The van der Waals surface area contributed by atoms with Gasteiger partial charge in [0.15, 0.2) is 0 Å². The van der Waals surface area contributed by atoms with Gasteiger partial charge in [0.25, 0.3) is 0 Å². The molecular weight excluding hydrogens is 416 g/mol. The molecule has 0 radical (unpaired) electrons. The van der Waals surface area contributed by atoms with Crippen molar-refractivity contribution in [3.63, 3.8) is 0 Å². The van der Waals surface area contributed by atoms with Crippen LogP contribution in [0.2, 0.25) is 0 Å². The number of aromatic nitrogens is 2. The lowest BCUT2D eigenvalue weighted by atomic mass is 10.1. The summed E-state index contributed by atoms with van der Waals surface area (Å²) in [5.74, 6) is -0.277. The Morgan fingerprint density at radius 3 is 2.58 bits per heavy atom. The molecule has 0 aliphatic rings. The van der Waals surface area contributed by atoms with Gasteiger partial charge in [-0.05, 0) is 54.3 Å². The minimum absolute atomic E-state index is 0.00218. The first-order chi connectivity index (χ1) is 14.7. The second kappa shape index (κ2) is 9.34. The summed E-state index contributed by atoms with van der Waals surface area (Å²) in [6.45, 7) is 7.09. The number of nitrogens with zero attached hydrogens (tertiary/aromatic N) is 2. The highest BCUT2D eigenvalue weighted by atomic mass is 32.2. The van der Waals surface area contributed by atoms with E-state index < -0.39 is 15.8 Å². The molecule has 1 heterocycles. The fourth-order valence-corrected chi connectivity index (χ4v) is 4.67. The number of carboxylic acid groups (broad SMARTS) is 1. The summed E-state index contributed by atoms with van der Waals surface area (Å²) >= 11 is 0. The van der Waals surface area contributed by atoms with Gasteiger partial charge in [0.2, 0.25) is 9.84 Å². The number of rotatable bonds is 9. The van der Waals surface area contributed by atoms with E-state index in [1.807, 2.05) is 16.9 Å². The molecule has 3 rings (SSSR count). The summed E-state index contributed by atoms with van der Waals surface area (Å²) < 4.78 is 34.0. The van der Waals surface area contributed by atoms with E-state index in [0.717, 1.165) is 17.7 Å². The molecule has 0 aliphatic heterocycles. The number of carbonyl (C=O) groups is 1. The van der Waals surface area contributed by atoms with Crippen molar-refractivity contribution in [3.8, 4) is 16.9 Å². The highest BCUT2D eigenvalue weighted by molar-refractivity contribution is 7.91. The van der Waals surface area contributed by atoms with E-state index in [9.17, 15) is 13.2 Å². The summed E-state index contributed by atoms with van der Waals surface area (Å²) in [5.41, 5.74) is 1.93. The summed E-state index contributed by atoms with van der Waals surface area (Å²) in [6, 6.07) is 11.0. The van der Waals surface area contributed by atoms with Crippen molar-refractivity contribution in [1.29, 1.82) is 0 Å². The van der Waals surface area contributed by atoms with Gasteiger partial charge in [-0.2, -0.15) is 5.10 Å². The molecule has 2 aromatic carbocycles. The van der Waals surface area contributed by atoms with Crippen LogP contribution in [-0.2, 0) is 27.6 Å². The van der Waals surface area contributed by atoms with E-state index in [0.29, 0.717) is 23.8 Å². The SMILES string of the molecule is CCOc1cc(CC(=O)O)cc(S(=O)(=O)c2cccc(-c3cnn(CC(C)C)c3)c2)c1. The van der Waals surface area contributed by atoms with E-state index in [1.54, 1.807) is 31.3 Å². The first kappa shape index (κ1) is 22.6. The van der Waals surface area contributed by atoms with Crippen LogP contribution in [0.15, 0.2) is 64.6 Å². The molecule has 0 atom stereocenters. The molecular formula is C23H26N2O5S. The standard InChI is InChI=1S/C23H26N2O5S/c1-4-30-20-8-17(10-23(26)27)9-22(12-20)31(28,29)21-7-5-6-18(11-21)19-13-24-25(15-19)14-16(2)3/h5-9,11-13,15-16H,4,10,14H2,1-3H3,(H,26,27). The fourth-order valence-electron chi connectivity index (χ4n) is 3.28. The Bertz CT molecular complexity index is 1180. The smallest absolute Gasteiger partial charge is 0.307 e. The van der Waals surface area contributed by atoms with Crippen molar-refractivity contribution >= 4 is 15.8 Å². The molecule has 31 heavy (non-hydrogen) atoms. The summed E-state index contributed by atoms with van der Waals surface area (Å²) in [7, 11) is -3.88.